The van der Waals surface area contributed by atoms with E-state index in [0.29, 0.717) is 35.8 Å². The Labute approximate surface area is 173 Å². The third kappa shape index (κ3) is 4.24. The van der Waals surface area contributed by atoms with Crippen LogP contribution < -0.4 is 14.8 Å². The number of methoxy groups -OCH3 is 1. The summed E-state index contributed by atoms with van der Waals surface area (Å²) >= 11 is 0. The summed E-state index contributed by atoms with van der Waals surface area (Å²) in [4.78, 5) is 39.9. The van der Waals surface area contributed by atoms with Gasteiger partial charge in [-0.3, -0.25) is 4.79 Å². The van der Waals surface area contributed by atoms with Gasteiger partial charge in [0.2, 0.25) is 12.7 Å². The van der Waals surface area contributed by atoms with Gasteiger partial charge >= 0.3 is 11.9 Å². The van der Waals surface area contributed by atoms with Crippen LogP contribution in [0.25, 0.3) is 0 Å². The molecule has 0 saturated carbocycles. The summed E-state index contributed by atoms with van der Waals surface area (Å²) < 4.78 is 20.5. The summed E-state index contributed by atoms with van der Waals surface area (Å²) in [7, 11) is 1.26. The Morgan fingerprint density at radius 1 is 1.13 bits per heavy atom. The molecule has 0 aliphatic carbocycles. The topological polar surface area (TPSA) is 116 Å². The van der Waals surface area contributed by atoms with Crippen LogP contribution >= 0.6 is 0 Å². The summed E-state index contributed by atoms with van der Waals surface area (Å²) in [5, 5.41) is 2.73. The van der Waals surface area contributed by atoms with Crippen molar-refractivity contribution >= 4 is 23.5 Å². The maximum atomic E-state index is 12.5. The first-order valence-corrected chi connectivity index (χ1v) is 9.52. The highest BCUT2D eigenvalue weighted by Crippen LogP contribution is 2.37. The van der Waals surface area contributed by atoms with Crippen molar-refractivity contribution in [3.05, 3.63) is 40.2 Å². The van der Waals surface area contributed by atoms with Gasteiger partial charge in [-0.05, 0) is 32.8 Å². The summed E-state index contributed by atoms with van der Waals surface area (Å²) in [5.74, 6) is -0.436. The minimum atomic E-state index is -0.599. The molecule has 30 heavy (non-hydrogen) atoms. The molecule has 1 amide bonds. The second-order valence-electron chi connectivity index (χ2n) is 6.74. The quantitative estimate of drug-likeness (QED) is 0.667. The number of carbonyl (C=O) groups is 3. The lowest BCUT2D eigenvalue weighted by molar-refractivity contribution is -0.116. The van der Waals surface area contributed by atoms with E-state index >= 15 is 0 Å². The number of anilines is 1. The average Bonchev–Trinajstić information content (AvgIpc) is 3.28. The highest BCUT2D eigenvalue weighted by molar-refractivity contribution is 6.02. The Morgan fingerprint density at radius 3 is 2.50 bits per heavy atom. The summed E-state index contributed by atoms with van der Waals surface area (Å²) in [6.07, 6.45) is 0.522. The Balaban J connectivity index is 1.72. The molecule has 0 unspecified atom stereocenters. The summed E-state index contributed by atoms with van der Waals surface area (Å²) in [5.41, 5.74) is 3.19. The molecule has 2 aromatic rings. The maximum absolute atomic E-state index is 12.5. The van der Waals surface area contributed by atoms with E-state index in [1.165, 1.54) is 19.2 Å². The number of fused-ring (bicyclic) bond motifs is 1. The van der Waals surface area contributed by atoms with E-state index in [9.17, 15) is 14.4 Å². The van der Waals surface area contributed by atoms with E-state index in [1.807, 2.05) is 6.92 Å². The van der Waals surface area contributed by atoms with Gasteiger partial charge in [0.25, 0.3) is 0 Å². The molecular formula is C21H24N2O7. The standard InChI is InChI=1S/C21H24N2O7/c1-5-28-21(26)19-11(2)14(22-12(19)3)6-7-18(24)23-15-9-17-16(29-10-30-17)8-13(15)20(25)27-4/h8-9,22H,5-7,10H2,1-4H3,(H,23,24). The third-order valence-corrected chi connectivity index (χ3v) is 4.81. The van der Waals surface area contributed by atoms with Crippen molar-refractivity contribution in [3.8, 4) is 11.5 Å². The number of carbonyl (C=O) groups excluding carboxylic acids is 3. The summed E-state index contributed by atoms with van der Waals surface area (Å²) in [6, 6.07) is 3.02. The molecular weight excluding hydrogens is 392 g/mol. The van der Waals surface area contributed by atoms with Crippen molar-refractivity contribution in [2.45, 2.75) is 33.6 Å². The predicted octanol–water partition coefficient (Wildman–Crippen LogP) is 2.89. The fourth-order valence-corrected chi connectivity index (χ4v) is 3.35. The molecule has 3 rings (SSSR count). The molecule has 1 aliphatic heterocycles. The van der Waals surface area contributed by atoms with Gasteiger partial charge in [-0.15, -0.1) is 0 Å². The molecule has 2 heterocycles. The molecule has 0 radical (unpaired) electrons. The molecule has 0 spiro atoms. The lowest BCUT2D eigenvalue weighted by atomic mass is 10.1. The van der Waals surface area contributed by atoms with Gasteiger partial charge in [-0.25, -0.2) is 9.59 Å². The summed E-state index contributed by atoms with van der Waals surface area (Å²) in [6.45, 7) is 5.69. The van der Waals surface area contributed by atoms with Crippen molar-refractivity contribution in [1.82, 2.24) is 4.98 Å². The van der Waals surface area contributed by atoms with Crippen LogP contribution in [0.5, 0.6) is 11.5 Å². The van der Waals surface area contributed by atoms with E-state index in [-0.39, 0.29) is 36.3 Å². The molecule has 9 heteroatoms. The number of hydrogen-bond acceptors (Lipinski definition) is 7. The molecule has 1 aromatic carbocycles. The second kappa shape index (κ2) is 8.89. The minimum absolute atomic E-state index is 0.0433. The van der Waals surface area contributed by atoms with Crippen LogP contribution in [0.15, 0.2) is 12.1 Å². The number of ether oxygens (including phenoxy) is 4. The molecule has 2 N–H and O–H groups in total. The fraction of sp³-hybridized carbons (Fsp3) is 0.381. The maximum Gasteiger partial charge on any atom is 0.340 e. The number of nitrogens with one attached hydrogen (secondary N) is 2. The Hall–Kier alpha value is -3.49. The lowest BCUT2D eigenvalue weighted by Gasteiger charge is -2.11. The lowest BCUT2D eigenvalue weighted by Crippen LogP contribution is -2.16. The molecule has 0 bridgehead atoms. The van der Waals surface area contributed by atoms with Crippen LogP contribution in [-0.2, 0) is 20.7 Å². The molecule has 1 aliphatic rings. The smallest absolute Gasteiger partial charge is 0.340 e. The van der Waals surface area contributed by atoms with Crippen LogP contribution in [0, 0.1) is 13.8 Å². The van der Waals surface area contributed by atoms with Gasteiger partial charge in [0.15, 0.2) is 11.5 Å². The zero-order valence-electron chi connectivity index (χ0n) is 17.3. The Morgan fingerprint density at radius 2 is 1.83 bits per heavy atom. The van der Waals surface area contributed by atoms with Crippen LogP contribution in [0.2, 0.25) is 0 Å². The van der Waals surface area contributed by atoms with E-state index in [4.69, 9.17) is 18.9 Å². The molecule has 160 valence electrons. The number of aromatic amines is 1. The zero-order valence-corrected chi connectivity index (χ0v) is 17.3. The van der Waals surface area contributed by atoms with Crippen molar-refractivity contribution in [3.63, 3.8) is 0 Å². The van der Waals surface area contributed by atoms with Gasteiger partial charge in [-0.2, -0.15) is 0 Å². The number of aromatic nitrogens is 1. The zero-order chi connectivity index (χ0) is 21.8. The average molecular weight is 416 g/mol. The minimum Gasteiger partial charge on any atom is -0.465 e. The van der Waals surface area contributed by atoms with E-state index < -0.39 is 5.97 Å². The number of aryl methyl sites for hydroxylation is 2. The van der Waals surface area contributed by atoms with E-state index in [1.54, 1.807) is 13.8 Å². The highest BCUT2D eigenvalue weighted by atomic mass is 16.7. The van der Waals surface area contributed by atoms with Crippen molar-refractivity contribution < 1.29 is 33.3 Å². The highest BCUT2D eigenvalue weighted by Gasteiger charge is 2.23. The Kier molecular flexibility index (Phi) is 6.29. The van der Waals surface area contributed by atoms with Crippen molar-refractivity contribution in [2.24, 2.45) is 0 Å². The Bertz CT molecular complexity index is 994. The van der Waals surface area contributed by atoms with Gasteiger partial charge in [-0.1, -0.05) is 0 Å². The number of benzene rings is 1. The van der Waals surface area contributed by atoms with E-state index in [2.05, 4.69) is 10.3 Å². The number of hydrogen-bond donors (Lipinski definition) is 2. The van der Waals surface area contributed by atoms with Crippen LogP contribution in [0.3, 0.4) is 0 Å². The predicted molar refractivity (Wildman–Crippen MR) is 107 cm³/mol. The van der Waals surface area contributed by atoms with Gasteiger partial charge < -0.3 is 29.2 Å². The molecule has 9 nitrogen and oxygen atoms in total. The van der Waals surface area contributed by atoms with Crippen molar-refractivity contribution in [1.29, 1.82) is 0 Å². The molecule has 0 saturated heterocycles. The van der Waals surface area contributed by atoms with Crippen LogP contribution in [0.4, 0.5) is 5.69 Å². The number of amides is 1. The molecule has 0 atom stereocenters. The number of rotatable bonds is 7. The van der Waals surface area contributed by atoms with E-state index in [0.717, 1.165) is 11.3 Å². The van der Waals surface area contributed by atoms with Crippen LogP contribution in [0.1, 0.15) is 51.0 Å². The second-order valence-corrected chi connectivity index (χ2v) is 6.74. The first-order chi connectivity index (χ1) is 14.3. The number of esters is 2. The normalized spacial score (nSPS) is 11.9. The largest absolute Gasteiger partial charge is 0.465 e. The fourth-order valence-electron chi connectivity index (χ4n) is 3.35. The van der Waals surface area contributed by atoms with Gasteiger partial charge in [0.05, 0.1) is 30.5 Å². The molecule has 1 aromatic heterocycles. The van der Waals surface area contributed by atoms with Gasteiger partial charge in [0.1, 0.15) is 0 Å². The van der Waals surface area contributed by atoms with Crippen molar-refractivity contribution in [2.75, 3.05) is 25.8 Å². The third-order valence-electron chi connectivity index (χ3n) is 4.81. The van der Waals surface area contributed by atoms with Gasteiger partial charge in [0, 0.05) is 29.9 Å². The molecule has 0 fully saturated rings. The van der Waals surface area contributed by atoms with Crippen LogP contribution in [-0.4, -0.2) is 43.3 Å². The SMILES string of the molecule is CCOC(=O)c1c(C)[nH]c(CCC(=O)Nc2cc3c(cc2C(=O)OC)OCO3)c1C. The first-order valence-electron chi connectivity index (χ1n) is 9.52. The first kappa shape index (κ1) is 21.2. The number of H-pyrrole nitrogens is 1. The monoisotopic (exact) mass is 416 g/mol.